The van der Waals surface area contributed by atoms with Crippen molar-refractivity contribution in [2.24, 2.45) is 5.41 Å². The van der Waals surface area contributed by atoms with Crippen LogP contribution >= 0.6 is 11.8 Å². The number of imide groups is 1. The zero-order valence-electron chi connectivity index (χ0n) is 20.0. The molecule has 1 saturated heterocycles. The summed E-state index contributed by atoms with van der Waals surface area (Å²) in [5.74, 6) is 6.81. The van der Waals surface area contributed by atoms with E-state index in [1.165, 1.54) is 5.57 Å². The Kier molecular flexibility index (Phi) is 7.86. The summed E-state index contributed by atoms with van der Waals surface area (Å²) < 4.78 is 15.8. The van der Waals surface area contributed by atoms with Crippen LogP contribution in [0.15, 0.2) is 48.1 Å². The van der Waals surface area contributed by atoms with Crippen LogP contribution in [0.5, 0.6) is 5.75 Å². The highest BCUT2D eigenvalue weighted by Gasteiger charge is 2.40. The molecule has 0 N–H and O–H groups in total. The molecule has 2 amide bonds. The van der Waals surface area contributed by atoms with Gasteiger partial charge < -0.3 is 14.2 Å². The van der Waals surface area contributed by atoms with Gasteiger partial charge in [0.2, 0.25) is 5.91 Å². The summed E-state index contributed by atoms with van der Waals surface area (Å²) in [4.78, 5) is 37.4. The Labute approximate surface area is 209 Å². The number of nitrogens with zero attached hydrogens (tertiary/aromatic N) is 1. The maximum absolute atomic E-state index is 12.6. The second-order valence-electron chi connectivity index (χ2n) is 9.02. The zero-order chi connectivity index (χ0) is 24.8. The van der Waals surface area contributed by atoms with Crippen LogP contribution in [-0.2, 0) is 20.7 Å². The molecule has 0 aromatic heterocycles. The lowest BCUT2D eigenvalue weighted by atomic mass is 9.87. The molecule has 2 fully saturated rings. The van der Waals surface area contributed by atoms with E-state index in [1.54, 1.807) is 0 Å². The van der Waals surface area contributed by atoms with Crippen LogP contribution in [0.25, 0.3) is 0 Å². The molecule has 8 heteroatoms. The van der Waals surface area contributed by atoms with E-state index in [2.05, 4.69) is 37.8 Å². The van der Waals surface area contributed by atoms with Crippen LogP contribution in [0.1, 0.15) is 45.1 Å². The van der Waals surface area contributed by atoms with E-state index in [0.29, 0.717) is 13.0 Å². The molecule has 1 aromatic rings. The minimum Gasteiger partial charge on any atom is -0.494 e. The van der Waals surface area contributed by atoms with Crippen molar-refractivity contribution in [3.05, 3.63) is 53.6 Å². The molecule has 35 heavy (non-hydrogen) atoms. The standard InChI is InChI=1S/C27H29NO6S/c1-3-19-5-4-13-27(2,14-12-19)15-16-32-21-8-6-20(7-9-21)17-23-24(29)28(25(30)35-23)18-33-26(31)34-22-10-11-22/h5-9,12,14,22-23H,3,10-11,15-18H2,1-2H3. The third-order valence-electron chi connectivity index (χ3n) is 6.03. The van der Waals surface area contributed by atoms with Gasteiger partial charge in [-0.2, -0.15) is 0 Å². The molecule has 0 bridgehead atoms. The molecule has 1 aromatic carbocycles. The van der Waals surface area contributed by atoms with Gasteiger partial charge in [-0.1, -0.05) is 54.8 Å². The lowest BCUT2D eigenvalue weighted by Gasteiger charge is -2.19. The molecular formula is C27H29NO6S. The number of carbonyl (C=O) groups excluding carboxylic acids is 3. The highest BCUT2D eigenvalue weighted by atomic mass is 32.2. The average Bonchev–Trinajstić information content (AvgIpc) is 3.63. The predicted molar refractivity (Wildman–Crippen MR) is 133 cm³/mol. The summed E-state index contributed by atoms with van der Waals surface area (Å²) in [6, 6.07) is 7.52. The number of carbonyl (C=O) groups is 3. The monoisotopic (exact) mass is 495 g/mol. The summed E-state index contributed by atoms with van der Waals surface area (Å²) in [5.41, 5.74) is 1.91. The van der Waals surface area contributed by atoms with Crippen molar-refractivity contribution in [3.63, 3.8) is 0 Å². The second-order valence-corrected chi connectivity index (χ2v) is 10.2. The van der Waals surface area contributed by atoms with Gasteiger partial charge >= 0.3 is 6.16 Å². The van der Waals surface area contributed by atoms with E-state index in [9.17, 15) is 14.4 Å². The molecule has 1 heterocycles. The molecular weight excluding hydrogens is 466 g/mol. The van der Waals surface area contributed by atoms with Gasteiger partial charge in [-0.25, -0.2) is 9.69 Å². The van der Waals surface area contributed by atoms with Gasteiger partial charge in [-0.3, -0.25) is 9.59 Å². The van der Waals surface area contributed by atoms with Crippen LogP contribution in [0.3, 0.4) is 0 Å². The van der Waals surface area contributed by atoms with E-state index < -0.39 is 23.4 Å². The fourth-order valence-electron chi connectivity index (χ4n) is 3.57. The second kappa shape index (κ2) is 11.0. The van der Waals surface area contributed by atoms with Gasteiger partial charge in [0.15, 0.2) is 6.73 Å². The minimum absolute atomic E-state index is 0.0988. The van der Waals surface area contributed by atoms with Gasteiger partial charge in [0, 0.05) is 6.42 Å². The molecule has 2 aliphatic carbocycles. The SMILES string of the molecule is CCC1=CC#CC(C)(CCOc2ccc(CC3SC(=O)N(COC(=O)OC4CC4)C3=O)cc2)C=C1. The maximum Gasteiger partial charge on any atom is 0.510 e. The molecule has 4 rings (SSSR count). The Bertz CT molecular complexity index is 1090. The van der Waals surface area contributed by atoms with Crippen molar-refractivity contribution >= 4 is 29.1 Å². The Morgan fingerprint density at radius 3 is 2.71 bits per heavy atom. The zero-order valence-corrected chi connectivity index (χ0v) is 20.8. The quantitative estimate of drug-likeness (QED) is 0.324. The van der Waals surface area contributed by atoms with Crippen molar-refractivity contribution in [1.82, 2.24) is 4.90 Å². The third-order valence-corrected chi connectivity index (χ3v) is 7.10. The van der Waals surface area contributed by atoms with Crippen LogP contribution in [0.2, 0.25) is 0 Å². The topological polar surface area (TPSA) is 82.1 Å². The molecule has 0 spiro atoms. The fraction of sp³-hybridized carbons (Fsp3) is 0.444. The number of rotatable bonds is 10. The van der Waals surface area contributed by atoms with Crippen molar-refractivity contribution < 1.29 is 28.6 Å². The fourth-order valence-corrected chi connectivity index (χ4v) is 4.59. The molecule has 2 atom stereocenters. The van der Waals surface area contributed by atoms with Gasteiger partial charge in [-0.15, -0.1) is 0 Å². The first-order valence-corrected chi connectivity index (χ1v) is 12.7. The Morgan fingerprint density at radius 1 is 1.23 bits per heavy atom. The van der Waals surface area contributed by atoms with Gasteiger partial charge in [0.05, 0.1) is 17.3 Å². The summed E-state index contributed by atoms with van der Waals surface area (Å²) in [6.45, 7) is 4.33. The third kappa shape index (κ3) is 6.92. The largest absolute Gasteiger partial charge is 0.510 e. The Hall–Kier alpha value is -3.18. The summed E-state index contributed by atoms with van der Waals surface area (Å²) in [7, 11) is 0. The van der Waals surface area contributed by atoms with Gasteiger partial charge in [-0.05, 0) is 62.0 Å². The van der Waals surface area contributed by atoms with Gasteiger partial charge in [0.1, 0.15) is 11.9 Å². The molecule has 7 nitrogen and oxygen atoms in total. The Morgan fingerprint density at radius 2 is 2.00 bits per heavy atom. The van der Waals surface area contributed by atoms with E-state index in [4.69, 9.17) is 14.2 Å². The number of allylic oxidation sites excluding steroid dienone is 4. The lowest BCUT2D eigenvalue weighted by molar-refractivity contribution is -0.129. The average molecular weight is 496 g/mol. The molecule has 1 aliphatic heterocycles. The van der Waals surface area contributed by atoms with E-state index >= 15 is 0 Å². The van der Waals surface area contributed by atoms with E-state index in [1.807, 2.05) is 30.3 Å². The lowest BCUT2D eigenvalue weighted by Crippen LogP contribution is -2.35. The van der Waals surface area contributed by atoms with Crippen LogP contribution in [0, 0.1) is 17.3 Å². The summed E-state index contributed by atoms with van der Waals surface area (Å²) >= 11 is 0.942. The normalized spacial score (nSPS) is 23.3. The number of thioether (sulfide) groups is 1. The van der Waals surface area contributed by atoms with Crippen LogP contribution in [0.4, 0.5) is 9.59 Å². The van der Waals surface area contributed by atoms with Crippen molar-refractivity contribution in [2.45, 2.75) is 57.3 Å². The number of amides is 2. The molecule has 0 radical (unpaired) electrons. The number of ether oxygens (including phenoxy) is 3. The highest BCUT2D eigenvalue weighted by Crippen LogP contribution is 2.31. The number of hydrogen-bond donors (Lipinski definition) is 0. The number of benzene rings is 1. The minimum atomic E-state index is -0.851. The first kappa shape index (κ1) is 24.9. The Balaban J connectivity index is 1.23. The highest BCUT2D eigenvalue weighted by molar-refractivity contribution is 8.15. The molecule has 184 valence electrons. The van der Waals surface area contributed by atoms with E-state index in [0.717, 1.165) is 53.7 Å². The van der Waals surface area contributed by atoms with Crippen molar-refractivity contribution in [1.29, 1.82) is 0 Å². The molecule has 1 saturated carbocycles. The maximum atomic E-state index is 12.6. The van der Waals surface area contributed by atoms with Gasteiger partial charge in [0.25, 0.3) is 5.24 Å². The summed E-state index contributed by atoms with van der Waals surface area (Å²) in [5, 5.41) is -0.982. The first-order chi connectivity index (χ1) is 16.8. The molecule has 3 aliphatic rings. The van der Waals surface area contributed by atoms with Crippen molar-refractivity contribution in [3.8, 4) is 17.6 Å². The predicted octanol–water partition coefficient (Wildman–Crippen LogP) is 5.25. The smallest absolute Gasteiger partial charge is 0.494 e. The number of hydrogen-bond acceptors (Lipinski definition) is 7. The van der Waals surface area contributed by atoms with Crippen molar-refractivity contribution in [2.75, 3.05) is 13.3 Å². The first-order valence-electron chi connectivity index (χ1n) is 11.8. The molecule has 2 unspecified atom stereocenters. The van der Waals surface area contributed by atoms with Crippen LogP contribution < -0.4 is 4.74 Å². The summed E-state index contributed by atoms with van der Waals surface area (Å²) in [6.07, 6.45) is 9.06. The van der Waals surface area contributed by atoms with E-state index in [-0.39, 0.29) is 17.4 Å². The van der Waals surface area contributed by atoms with Crippen LogP contribution in [-0.4, -0.2) is 46.9 Å².